The molecular weight excluding hydrogens is 400 g/mol. The van der Waals surface area contributed by atoms with E-state index in [4.69, 9.17) is 9.47 Å². The van der Waals surface area contributed by atoms with Crippen molar-refractivity contribution in [1.82, 2.24) is 20.0 Å². The number of carbonyl (C=O) groups excluding carboxylic acids is 3. The second kappa shape index (κ2) is 9.82. The van der Waals surface area contributed by atoms with Crippen LogP contribution in [-0.4, -0.2) is 86.7 Å². The molecule has 2 heterocycles. The molecule has 168 valence electrons. The molecule has 0 aliphatic carbocycles. The molecule has 1 saturated heterocycles. The Morgan fingerprint density at radius 1 is 1.13 bits per heavy atom. The number of imide groups is 1. The van der Waals surface area contributed by atoms with Crippen LogP contribution in [0.4, 0.5) is 4.79 Å². The van der Waals surface area contributed by atoms with E-state index in [0.29, 0.717) is 38.2 Å². The van der Waals surface area contributed by atoms with Crippen molar-refractivity contribution in [2.45, 2.75) is 19.0 Å². The highest BCUT2D eigenvalue weighted by molar-refractivity contribution is 6.02. The van der Waals surface area contributed by atoms with Crippen LogP contribution in [0.5, 0.6) is 5.75 Å². The van der Waals surface area contributed by atoms with Gasteiger partial charge in [0.05, 0.1) is 13.0 Å². The van der Waals surface area contributed by atoms with Crippen LogP contribution in [0.3, 0.4) is 0 Å². The quantitative estimate of drug-likeness (QED) is 0.589. The van der Waals surface area contributed by atoms with E-state index in [1.165, 1.54) is 11.9 Å². The zero-order valence-electron chi connectivity index (χ0n) is 18.5. The van der Waals surface area contributed by atoms with Gasteiger partial charge in [-0.2, -0.15) is 0 Å². The van der Waals surface area contributed by atoms with E-state index >= 15 is 0 Å². The molecule has 1 fully saturated rings. The molecule has 0 aromatic heterocycles. The number of fused-ring (bicyclic) bond motifs is 1. The van der Waals surface area contributed by atoms with Crippen molar-refractivity contribution in [2.75, 3.05) is 48.0 Å². The summed E-state index contributed by atoms with van der Waals surface area (Å²) in [5.74, 6) is -0.341. The Morgan fingerprint density at radius 2 is 1.84 bits per heavy atom. The molecule has 31 heavy (non-hydrogen) atoms. The van der Waals surface area contributed by atoms with Crippen molar-refractivity contribution >= 4 is 17.8 Å². The Kier molecular flexibility index (Phi) is 7.17. The van der Waals surface area contributed by atoms with Gasteiger partial charge in [0, 0.05) is 40.9 Å². The molecule has 9 nitrogen and oxygen atoms in total. The minimum atomic E-state index is -0.572. The van der Waals surface area contributed by atoms with Crippen LogP contribution < -0.4 is 10.1 Å². The van der Waals surface area contributed by atoms with Gasteiger partial charge in [0.15, 0.2) is 0 Å². The third-order valence-corrected chi connectivity index (χ3v) is 5.73. The Bertz CT molecular complexity index is 854. The number of nitrogens with one attached hydrogen (secondary N) is 1. The molecule has 1 aromatic carbocycles. The number of urea groups is 1. The first-order valence-electron chi connectivity index (χ1n) is 10.3. The smallest absolute Gasteiger partial charge is 0.327 e. The number of hydrogen-bond donors (Lipinski definition) is 1. The van der Waals surface area contributed by atoms with Gasteiger partial charge in [0.2, 0.25) is 5.91 Å². The van der Waals surface area contributed by atoms with E-state index in [1.807, 2.05) is 29.2 Å². The summed E-state index contributed by atoms with van der Waals surface area (Å²) in [7, 11) is 6.36. The van der Waals surface area contributed by atoms with Gasteiger partial charge in [-0.25, -0.2) is 4.79 Å². The third-order valence-electron chi connectivity index (χ3n) is 5.73. The zero-order valence-corrected chi connectivity index (χ0v) is 18.5. The fourth-order valence-corrected chi connectivity index (χ4v) is 4.05. The van der Waals surface area contributed by atoms with E-state index < -0.39 is 12.1 Å². The molecule has 2 unspecified atom stereocenters. The van der Waals surface area contributed by atoms with Crippen molar-refractivity contribution < 1.29 is 23.9 Å². The highest BCUT2D eigenvalue weighted by Gasteiger charge is 2.50. The standard InChI is InChI=1S/C22H30N4O5/c1-24-20-17(21(28)25(2)22(24)29)14-18(26(20)12-5-13-30-3)19(27)23-11-10-15-6-8-16(31-4)9-7-15/h6-9,14,17,20H,5,10-13H2,1-4H3,(H,23,27). The molecule has 0 bridgehead atoms. The van der Waals surface area contributed by atoms with Crippen LogP contribution in [0.2, 0.25) is 0 Å². The maximum atomic E-state index is 13.0. The molecule has 1 N–H and O–H groups in total. The fraction of sp³-hybridized carbons (Fsp3) is 0.500. The predicted octanol–water partition coefficient (Wildman–Crippen LogP) is 1.06. The van der Waals surface area contributed by atoms with Crippen molar-refractivity contribution in [3.63, 3.8) is 0 Å². The molecule has 9 heteroatoms. The molecular formula is C22H30N4O5. The van der Waals surface area contributed by atoms with Gasteiger partial charge in [-0.1, -0.05) is 12.1 Å². The Labute approximate surface area is 182 Å². The van der Waals surface area contributed by atoms with E-state index in [-0.39, 0.29) is 17.8 Å². The number of carbonyl (C=O) groups is 3. The number of ether oxygens (including phenoxy) is 2. The second-order valence-electron chi connectivity index (χ2n) is 7.68. The number of amides is 4. The van der Waals surface area contributed by atoms with Gasteiger partial charge in [-0.15, -0.1) is 0 Å². The van der Waals surface area contributed by atoms with Crippen LogP contribution in [0, 0.1) is 5.92 Å². The minimum absolute atomic E-state index is 0.253. The molecule has 0 spiro atoms. The largest absolute Gasteiger partial charge is 0.497 e. The summed E-state index contributed by atoms with van der Waals surface area (Å²) >= 11 is 0. The summed E-state index contributed by atoms with van der Waals surface area (Å²) in [6.45, 7) is 1.47. The first-order valence-corrected chi connectivity index (χ1v) is 10.3. The summed E-state index contributed by atoms with van der Waals surface area (Å²) < 4.78 is 10.3. The fourth-order valence-electron chi connectivity index (χ4n) is 4.05. The lowest BCUT2D eigenvalue weighted by Crippen LogP contribution is -2.62. The van der Waals surface area contributed by atoms with Crippen LogP contribution in [0.25, 0.3) is 0 Å². The molecule has 2 atom stereocenters. The average molecular weight is 431 g/mol. The lowest BCUT2D eigenvalue weighted by molar-refractivity contribution is -0.137. The van der Waals surface area contributed by atoms with Gasteiger partial charge in [0.25, 0.3) is 5.91 Å². The van der Waals surface area contributed by atoms with Crippen molar-refractivity contribution in [1.29, 1.82) is 0 Å². The maximum absolute atomic E-state index is 13.0. The van der Waals surface area contributed by atoms with Crippen LogP contribution in [0.1, 0.15) is 12.0 Å². The van der Waals surface area contributed by atoms with Crippen LogP contribution in [0.15, 0.2) is 36.0 Å². The maximum Gasteiger partial charge on any atom is 0.327 e. The zero-order chi connectivity index (χ0) is 22.5. The lowest BCUT2D eigenvalue weighted by atomic mass is 10.0. The van der Waals surface area contributed by atoms with Gasteiger partial charge in [0.1, 0.15) is 17.6 Å². The Balaban J connectivity index is 1.70. The number of benzene rings is 1. The highest BCUT2D eigenvalue weighted by atomic mass is 16.5. The minimum Gasteiger partial charge on any atom is -0.497 e. The summed E-state index contributed by atoms with van der Waals surface area (Å²) in [4.78, 5) is 42.6. The number of methoxy groups -OCH3 is 2. The van der Waals surface area contributed by atoms with Crippen molar-refractivity contribution in [3.8, 4) is 5.75 Å². The average Bonchev–Trinajstić information content (AvgIpc) is 3.16. The lowest BCUT2D eigenvalue weighted by Gasteiger charge is -2.43. The van der Waals surface area contributed by atoms with Gasteiger partial charge < -0.3 is 24.6 Å². The highest BCUT2D eigenvalue weighted by Crippen LogP contribution is 2.34. The second-order valence-corrected chi connectivity index (χ2v) is 7.68. The summed E-state index contributed by atoms with van der Waals surface area (Å²) in [6, 6.07) is 7.31. The molecule has 0 saturated carbocycles. The number of nitrogens with zero attached hydrogens (tertiary/aromatic N) is 3. The monoisotopic (exact) mass is 430 g/mol. The number of rotatable bonds is 9. The van der Waals surface area contributed by atoms with E-state index in [0.717, 1.165) is 16.2 Å². The molecule has 0 radical (unpaired) electrons. The summed E-state index contributed by atoms with van der Waals surface area (Å²) in [5, 5.41) is 2.94. The summed E-state index contributed by atoms with van der Waals surface area (Å²) in [5.41, 5.74) is 1.50. The van der Waals surface area contributed by atoms with E-state index in [2.05, 4.69) is 5.32 Å². The normalized spacial score (nSPS) is 20.6. The Hall–Kier alpha value is -3.07. The van der Waals surface area contributed by atoms with Gasteiger partial charge in [-0.05, 0) is 36.6 Å². The molecule has 2 aliphatic heterocycles. The predicted molar refractivity (Wildman–Crippen MR) is 114 cm³/mol. The molecule has 4 amide bonds. The van der Waals surface area contributed by atoms with Gasteiger partial charge >= 0.3 is 6.03 Å². The molecule has 3 rings (SSSR count). The molecule has 1 aromatic rings. The molecule has 2 aliphatic rings. The first kappa shape index (κ1) is 22.6. The van der Waals surface area contributed by atoms with Crippen molar-refractivity contribution in [3.05, 3.63) is 41.6 Å². The Morgan fingerprint density at radius 3 is 2.48 bits per heavy atom. The van der Waals surface area contributed by atoms with Crippen LogP contribution in [-0.2, 0) is 20.7 Å². The van der Waals surface area contributed by atoms with Crippen molar-refractivity contribution in [2.24, 2.45) is 5.92 Å². The first-order chi connectivity index (χ1) is 14.9. The SMILES string of the molecule is COCCCN1C(C(=O)NCCc2ccc(OC)cc2)=CC2C(=O)N(C)C(=O)N(C)C21. The number of hydrogen-bond acceptors (Lipinski definition) is 6. The topological polar surface area (TPSA) is 91.4 Å². The van der Waals surface area contributed by atoms with Gasteiger partial charge in [-0.3, -0.25) is 14.5 Å². The van der Waals surface area contributed by atoms with Crippen LogP contribution >= 0.6 is 0 Å². The van der Waals surface area contributed by atoms with E-state index in [1.54, 1.807) is 27.3 Å². The van der Waals surface area contributed by atoms with E-state index in [9.17, 15) is 14.4 Å². The summed E-state index contributed by atoms with van der Waals surface area (Å²) in [6.07, 6.45) is 2.51. The third kappa shape index (κ3) is 4.66.